The summed E-state index contributed by atoms with van der Waals surface area (Å²) in [5, 5.41) is 9.36. The van der Waals surface area contributed by atoms with Gasteiger partial charge < -0.3 is 19.2 Å². The lowest BCUT2D eigenvalue weighted by atomic mass is 9.91. The lowest BCUT2D eigenvalue weighted by Gasteiger charge is -2.22. The molecule has 31 heavy (non-hydrogen) atoms. The molecular formula is C22H30BN6O2. The molecule has 4 heterocycles. The molecule has 0 aromatic carbocycles. The van der Waals surface area contributed by atoms with E-state index >= 15 is 0 Å². The van der Waals surface area contributed by atoms with Crippen LogP contribution in [0.1, 0.15) is 26.7 Å². The Balaban J connectivity index is 1.62. The maximum atomic E-state index is 9.36. The van der Waals surface area contributed by atoms with Gasteiger partial charge in [-0.25, -0.2) is 15.0 Å². The number of fused-ring (bicyclic) bond motifs is 1. The van der Waals surface area contributed by atoms with Crippen LogP contribution in [0.5, 0.6) is 0 Å². The summed E-state index contributed by atoms with van der Waals surface area (Å²) < 4.78 is 7.89. The molecule has 1 aliphatic heterocycles. The van der Waals surface area contributed by atoms with Crippen LogP contribution < -0.4 is 10.4 Å². The summed E-state index contributed by atoms with van der Waals surface area (Å²) in [6.45, 7) is 8.11. The number of ether oxygens (including phenoxy) is 1. The van der Waals surface area contributed by atoms with Crippen LogP contribution in [-0.2, 0) is 11.3 Å². The summed E-state index contributed by atoms with van der Waals surface area (Å²) in [6.07, 6.45) is 5.96. The van der Waals surface area contributed by atoms with Gasteiger partial charge in [-0.15, -0.1) is 0 Å². The van der Waals surface area contributed by atoms with Crippen LogP contribution in [0, 0.1) is 0 Å². The Labute approximate surface area is 184 Å². The Morgan fingerprint density at radius 3 is 2.84 bits per heavy atom. The Kier molecular flexibility index (Phi) is 6.84. The molecule has 9 heteroatoms. The predicted molar refractivity (Wildman–Crippen MR) is 124 cm³/mol. The van der Waals surface area contributed by atoms with Crippen LogP contribution in [0.2, 0.25) is 0 Å². The second-order valence-corrected chi connectivity index (χ2v) is 8.13. The van der Waals surface area contributed by atoms with Crippen molar-refractivity contribution in [1.82, 2.24) is 24.4 Å². The van der Waals surface area contributed by atoms with Gasteiger partial charge in [0.05, 0.1) is 13.3 Å². The van der Waals surface area contributed by atoms with E-state index in [1.807, 2.05) is 19.3 Å². The van der Waals surface area contributed by atoms with Crippen LogP contribution in [0.15, 0.2) is 30.6 Å². The highest BCUT2D eigenvalue weighted by Gasteiger charge is 2.22. The standard InChI is InChI=1S/C22H30BN6O2/c1-4-27(3)15-31-11-10-29-21(26-19-12-18(23-30)14-25-22(19)29)17-7-8-20(24-13-17)28-9-5-6-16(28)2/h7-8,12-14,16,30H,4-6,9-11,15H2,1-3H3. The average molecular weight is 421 g/mol. The molecule has 0 spiro atoms. The first-order chi connectivity index (χ1) is 15.1. The SMILES string of the molecule is CCN(C)COCCn1c(-c2ccc(N3CCCC3C)nc2)nc2cc([B]O)cnc21. The smallest absolute Gasteiger partial charge is 0.328 e. The summed E-state index contributed by atoms with van der Waals surface area (Å²) in [7, 11) is 3.07. The van der Waals surface area contributed by atoms with Gasteiger partial charge in [-0.05, 0) is 57.0 Å². The second-order valence-electron chi connectivity index (χ2n) is 8.13. The molecule has 1 atom stereocenters. The second kappa shape index (κ2) is 9.76. The number of anilines is 1. The van der Waals surface area contributed by atoms with Crippen LogP contribution in [0.3, 0.4) is 0 Å². The Hall–Kier alpha value is -2.49. The van der Waals surface area contributed by atoms with Crippen molar-refractivity contribution in [2.75, 3.05) is 38.4 Å². The van der Waals surface area contributed by atoms with Crippen molar-refractivity contribution in [2.45, 2.75) is 39.3 Å². The molecule has 1 saturated heterocycles. The number of hydrogen-bond donors (Lipinski definition) is 1. The van der Waals surface area contributed by atoms with Gasteiger partial charge >= 0.3 is 7.48 Å². The largest absolute Gasteiger partial charge is 0.450 e. The van der Waals surface area contributed by atoms with Gasteiger partial charge in [0.2, 0.25) is 0 Å². The number of hydrogen-bond acceptors (Lipinski definition) is 7. The highest BCUT2D eigenvalue weighted by atomic mass is 16.5. The summed E-state index contributed by atoms with van der Waals surface area (Å²) in [4.78, 5) is 18.5. The van der Waals surface area contributed by atoms with E-state index in [9.17, 15) is 5.02 Å². The van der Waals surface area contributed by atoms with E-state index in [1.165, 1.54) is 12.8 Å². The molecule has 1 N–H and O–H groups in total. The maximum Gasteiger partial charge on any atom is 0.328 e. The number of rotatable bonds is 9. The molecule has 4 rings (SSSR count). The van der Waals surface area contributed by atoms with Gasteiger partial charge in [0.15, 0.2) is 5.65 Å². The maximum absolute atomic E-state index is 9.36. The van der Waals surface area contributed by atoms with E-state index in [4.69, 9.17) is 14.7 Å². The van der Waals surface area contributed by atoms with Crippen molar-refractivity contribution in [1.29, 1.82) is 0 Å². The highest BCUT2D eigenvalue weighted by molar-refractivity contribution is 6.45. The molecule has 0 aliphatic carbocycles. The molecule has 8 nitrogen and oxygen atoms in total. The fourth-order valence-electron chi connectivity index (χ4n) is 3.96. The molecular weight excluding hydrogens is 391 g/mol. The molecule has 0 saturated carbocycles. The lowest BCUT2D eigenvalue weighted by molar-refractivity contribution is 0.0418. The first-order valence-corrected chi connectivity index (χ1v) is 10.9. The molecule has 0 bridgehead atoms. The van der Waals surface area contributed by atoms with E-state index in [2.05, 4.69) is 45.3 Å². The molecule has 1 radical (unpaired) electrons. The minimum atomic E-state index is 0.527. The van der Waals surface area contributed by atoms with E-state index in [1.54, 1.807) is 6.20 Å². The van der Waals surface area contributed by atoms with E-state index in [-0.39, 0.29) is 0 Å². The minimum absolute atomic E-state index is 0.527. The fourth-order valence-corrected chi connectivity index (χ4v) is 3.96. The van der Waals surface area contributed by atoms with Crippen molar-refractivity contribution < 1.29 is 9.76 Å². The molecule has 1 aliphatic rings. The van der Waals surface area contributed by atoms with Crippen LogP contribution >= 0.6 is 0 Å². The Morgan fingerprint density at radius 1 is 1.29 bits per heavy atom. The first-order valence-electron chi connectivity index (χ1n) is 10.9. The highest BCUT2D eigenvalue weighted by Crippen LogP contribution is 2.27. The van der Waals surface area contributed by atoms with Crippen molar-refractivity contribution in [3.05, 3.63) is 30.6 Å². The number of imidazole rings is 1. The quantitative estimate of drug-likeness (QED) is 0.320. The molecule has 163 valence electrons. The molecule has 1 fully saturated rings. The zero-order valence-electron chi connectivity index (χ0n) is 18.5. The molecule has 1 unspecified atom stereocenters. The molecule has 3 aromatic rings. The van der Waals surface area contributed by atoms with Crippen LogP contribution in [0.25, 0.3) is 22.6 Å². The zero-order valence-corrected chi connectivity index (χ0v) is 18.5. The van der Waals surface area contributed by atoms with E-state index in [0.29, 0.717) is 31.4 Å². The first kappa shape index (κ1) is 21.7. The third-order valence-corrected chi connectivity index (χ3v) is 5.92. The Bertz CT molecular complexity index is 1010. The van der Waals surface area contributed by atoms with Crippen LogP contribution in [0.4, 0.5) is 5.82 Å². The average Bonchev–Trinajstić information content (AvgIpc) is 3.39. The van der Waals surface area contributed by atoms with Gasteiger partial charge in [0, 0.05) is 37.1 Å². The fraction of sp³-hybridized carbons (Fsp3) is 0.500. The molecule has 3 aromatic heterocycles. The topological polar surface area (TPSA) is 79.5 Å². The van der Waals surface area contributed by atoms with E-state index < -0.39 is 0 Å². The third-order valence-electron chi connectivity index (χ3n) is 5.92. The van der Waals surface area contributed by atoms with Gasteiger partial charge in [-0.3, -0.25) is 4.90 Å². The third kappa shape index (κ3) is 4.73. The normalized spacial score (nSPS) is 16.5. The monoisotopic (exact) mass is 421 g/mol. The van der Waals surface area contributed by atoms with Gasteiger partial charge in [-0.1, -0.05) is 6.92 Å². The zero-order chi connectivity index (χ0) is 21.8. The van der Waals surface area contributed by atoms with Gasteiger partial charge in [-0.2, -0.15) is 0 Å². The van der Waals surface area contributed by atoms with Crippen molar-refractivity contribution in [3.63, 3.8) is 0 Å². The van der Waals surface area contributed by atoms with Gasteiger partial charge in [0.1, 0.15) is 17.2 Å². The number of pyridine rings is 2. The van der Waals surface area contributed by atoms with Crippen molar-refractivity contribution in [3.8, 4) is 11.4 Å². The summed E-state index contributed by atoms with van der Waals surface area (Å²) in [6, 6.07) is 6.52. The van der Waals surface area contributed by atoms with Crippen LogP contribution in [-0.4, -0.2) is 76.4 Å². The van der Waals surface area contributed by atoms with Crippen molar-refractivity contribution in [2.24, 2.45) is 0 Å². The molecule has 0 amide bonds. The Morgan fingerprint density at radius 2 is 2.16 bits per heavy atom. The van der Waals surface area contributed by atoms with Gasteiger partial charge in [0.25, 0.3) is 0 Å². The van der Waals surface area contributed by atoms with Crippen molar-refractivity contribution >= 4 is 29.9 Å². The van der Waals surface area contributed by atoms with E-state index in [0.717, 1.165) is 48.9 Å². The summed E-state index contributed by atoms with van der Waals surface area (Å²) in [5.41, 5.74) is 3.07. The summed E-state index contributed by atoms with van der Waals surface area (Å²) in [5.74, 6) is 1.82. The predicted octanol–water partition coefficient (Wildman–Crippen LogP) is 1.64. The number of aromatic nitrogens is 4. The summed E-state index contributed by atoms with van der Waals surface area (Å²) >= 11 is 0. The number of nitrogens with zero attached hydrogens (tertiary/aromatic N) is 6. The lowest BCUT2D eigenvalue weighted by Crippen LogP contribution is -2.27. The minimum Gasteiger partial charge on any atom is -0.450 e.